The number of nitrogens with zero attached hydrogens (tertiary/aromatic N) is 2. The van der Waals surface area contributed by atoms with Gasteiger partial charge in [-0.15, -0.1) is 0 Å². The van der Waals surface area contributed by atoms with Crippen LogP contribution in [0, 0.1) is 0 Å². The molecular weight excluding hydrogens is 316 g/mol. The summed E-state index contributed by atoms with van der Waals surface area (Å²) in [6.45, 7) is 4.78. The number of hydrogen-bond donors (Lipinski definition) is 0. The highest BCUT2D eigenvalue weighted by molar-refractivity contribution is 9.10. The smallest absolute Gasteiger partial charge is 0.216 e. The molecule has 0 amide bonds. The van der Waals surface area contributed by atoms with Crippen LogP contribution in [0.2, 0.25) is 0 Å². The van der Waals surface area contributed by atoms with E-state index in [4.69, 9.17) is 4.74 Å². The number of hydrogen-bond acceptors (Lipinski definition) is 3. The lowest BCUT2D eigenvalue weighted by Gasteiger charge is -2.07. The predicted molar refractivity (Wildman–Crippen MR) is 83.9 cm³/mol. The second-order valence-electron chi connectivity index (χ2n) is 5.46. The molecule has 0 saturated carbocycles. The van der Waals surface area contributed by atoms with Gasteiger partial charge in [-0.2, -0.15) is 0 Å². The van der Waals surface area contributed by atoms with Gasteiger partial charge in [0.05, 0.1) is 11.2 Å². The first-order chi connectivity index (χ1) is 9.53. The molecule has 0 aliphatic carbocycles. The Morgan fingerprint density at radius 3 is 2.30 bits per heavy atom. The van der Waals surface area contributed by atoms with Crippen LogP contribution >= 0.6 is 15.9 Å². The number of pyridine rings is 1. The lowest BCUT2D eigenvalue weighted by molar-refractivity contribution is 0.279. The average Bonchev–Trinajstić information content (AvgIpc) is 2.80. The molecule has 1 aromatic heterocycles. The van der Waals surface area contributed by atoms with Crippen LogP contribution in [0.4, 0.5) is 0 Å². The van der Waals surface area contributed by atoms with Gasteiger partial charge in [0.1, 0.15) is 6.61 Å². The minimum Gasteiger partial charge on any atom is -0.475 e. The molecule has 1 aliphatic rings. The van der Waals surface area contributed by atoms with Crippen LogP contribution in [0.15, 0.2) is 52.1 Å². The standard InChI is InChI=1S/C16H15BrN2O/c1-16(2)10-20-15(19-16)12-5-3-11(4-6-12)14-8-7-13(17)9-18-14/h3-9H,10H2,1-2H3. The Balaban J connectivity index is 1.87. The fraction of sp³-hybridized carbons (Fsp3) is 0.250. The second kappa shape index (κ2) is 5.02. The molecule has 0 fully saturated rings. The van der Waals surface area contributed by atoms with Gasteiger partial charge in [-0.3, -0.25) is 4.98 Å². The van der Waals surface area contributed by atoms with Gasteiger partial charge in [0, 0.05) is 21.8 Å². The summed E-state index contributed by atoms with van der Waals surface area (Å²) in [5.41, 5.74) is 2.92. The van der Waals surface area contributed by atoms with Crippen molar-refractivity contribution in [1.29, 1.82) is 0 Å². The van der Waals surface area contributed by atoms with E-state index >= 15 is 0 Å². The monoisotopic (exact) mass is 330 g/mol. The zero-order chi connectivity index (χ0) is 14.2. The quantitative estimate of drug-likeness (QED) is 0.831. The molecular formula is C16H15BrN2O. The molecule has 4 heteroatoms. The van der Waals surface area contributed by atoms with E-state index in [1.807, 2.05) is 36.4 Å². The zero-order valence-electron chi connectivity index (χ0n) is 11.4. The van der Waals surface area contributed by atoms with Gasteiger partial charge >= 0.3 is 0 Å². The average molecular weight is 331 g/mol. The van der Waals surface area contributed by atoms with Gasteiger partial charge in [0.25, 0.3) is 0 Å². The summed E-state index contributed by atoms with van der Waals surface area (Å²) in [5.74, 6) is 0.727. The Morgan fingerprint density at radius 1 is 1.05 bits per heavy atom. The summed E-state index contributed by atoms with van der Waals surface area (Å²) in [5, 5.41) is 0. The number of aliphatic imine (C=N–C) groups is 1. The molecule has 0 unspecified atom stereocenters. The van der Waals surface area contributed by atoms with Crippen molar-refractivity contribution < 1.29 is 4.74 Å². The van der Waals surface area contributed by atoms with Gasteiger partial charge in [-0.25, -0.2) is 4.99 Å². The summed E-state index contributed by atoms with van der Waals surface area (Å²) < 4.78 is 6.62. The van der Waals surface area contributed by atoms with E-state index in [0.29, 0.717) is 6.61 Å². The van der Waals surface area contributed by atoms with Gasteiger partial charge in [-0.05, 0) is 54.0 Å². The van der Waals surface area contributed by atoms with E-state index in [9.17, 15) is 0 Å². The molecule has 1 aromatic carbocycles. The maximum Gasteiger partial charge on any atom is 0.216 e. The molecule has 0 N–H and O–H groups in total. The van der Waals surface area contributed by atoms with E-state index < -0.39 is 0 Å². The van der Waals surface area contributed by atoms with Crippen LogP contribution in [0.5, 0.6) is 0 Å². The van der Waals surface area contributed by atoms with E-state index in [2.05, 4.69) is 39.8 Å². The summed E-state index contributed by atoms with van der Waals surface area (Å²) in [6, 6.07) is 12.1. The summed E-state index contributed by atoms with van der Waals surface area (Å²) >= 11 is 3.39. The van der Waals surface area contributed by atoms with Crippen molar-refractivity contribution in [2.45, 2.75) is 19.4 Å². The number of halogens is 1. The van der Waals surface area contributed by atoms with Crippen LogP contribution in [0.1, 0.15) is 19.4 Å². The van der Waals surface area contributed by atoms with E-state index in [1.54, 1.807) is 6.20 Å². The fourth-order valence-electron chi connectivity index (χ4n) is 2.06. The zero-order valence-corrected chi connectivity index (χ0v) is 13.0. The van der Waals surface area contributed by atoms with Crippen LogP contribution in [-0.2, 0) is 4.74 Å². The Morgan fingerprint density at radius 2 is 1.75 bits per heavy atom. The minimum atomic E-state index is -0.124. The van der Waals surface area contributed by atoms with Gasteiger partial charge in [0.2, 0.25) is 5.90 Å². The number of rotatable bonds is 2. The predicted octanol–water partition coefficient (Wildman–Crippen LogP) is 4.07. The van der Waals surface area contributed by atoms with E-state index in [1.165, 1.54) is 0 Å². The molecule has 1 aliphatic heterocycles. The first-order valence-corrected chi connectivity index (χ1v) is 7.28. The lowest BCUT2D eigenvalue weighted by Crippen LogP contribution is -2.17. The number of aromatic nitrogens is 1. The Labute approximate surface area is 126 Å². The highest BCUT2D eigenvalue weighted by Gasteiger charge is 2.26. The van der Waals surface area contributed by atoms with Gasteiger partial charge in [-0.1, -0.05) is 12.1 Å². The van der Waals surface area contributed by atoms with Crippen LogP contribution in [0.3, 0.4) is 0 Å². The fourth-order valence-corrected chi connectivity index (χ4v) is 2.30. The molecule has 0 atom stereocenters. The molecule has 3 nitrogen and oxygen atoms in total. The molecule has 2 heterocycles. The molecule has 2 aromatic rings. The van der Waals surface area contributed by atoms with Crippen molar-refractivity contribution in [2.24, 2.45) is 4.99 Å². The Bertz CT molecular complexity index is 645. The summed E-state index contributed by atoms with van der Waals surface area (Å²) in [6.07, 6.45) is 1.80. The molecule has 0 radical (unpaired) electrons. The van der Waals surface area contributed by atoms with Crippen LogP contribution < -0.4 is 0 Å². The van der Waals surface area contributed by atoms with Crippen molar-refractivity contribution in [1.82, 2.24) is 4.98 Å². The topological polar surface area (TPSA) is 34.5 Å². The first-order valence-electron chi connectivity index (χ1n) is 6.49. The highest BCUT2D eigenvalue weighted by atomic mass is 79.9. The normalized spacial score (nSPS) is 16.6. The maximum atomic E-state index is 5.64. The highest BCUT2D eigenvalue weighted by Crippen LogP contribution is 2.23. The maximum absolute atomic E-state index is 5.64. The molecule has 102 valence electrons. The third kappa shape index (κ3) is 2.75. The van der Waals surface area contributed by atoms with E-state index in [-0.39, 0.29) is 5.54 Å². The molecule has 0 bridgehead atoms. The van der Waals surface area contributed by atoms with Crippen molar-refractivity contribution in [2.75, 3.05) is 6.61 Å². The second-order valence-corrected chi connectivity index (χ2v) is 6.37. The number of benzene rings is 1. The third-order valence-corrected chi connectivity index (χ3v) is 3.59. The van der Waals surface area contributed by atoms with Gasteiger partial charge in [0.15, 0.2) is 0 Å². The molecule has 3 rings (SSSR count). The third-order valence-electron chi connectivity index (χ3n) is 3.12. The van der Waals surface area contributed by atoms with Crippen LogP contribution in [0.25, 0.3) is 11.3 Å². The molecule has 0 spiro atoms. The summed E-state index contributed by atoms with van der Waals surface area (Å²) in [4.78, 5) is 8.97. The van der Waals surface area contributed by atoms with E-state index in [0.717, 1.165) is 27.2 Å². The molecule has 0 saturated heterocycles. The van der Waals surface area contributed by atoms with Crippen LogP contribution in [-0.4, -0.2) is 23.0 Å². The molecule has 20 heavy (non-hydrogen) atoms. The van der Waals surface area contributed by atoms with Crippen molar-refractivity contribution in [3.8, 4) is 11.3 Å². The Hall–Kier alpha value is -1.68. The van der Waals surface area contributed by atoms with Gasteiger partial charge < -0.3 is 4.74 Å². The first kappa shape index (κ1) is 13.3. The number of ether oxygens (including phenoxy) is 1. The largest absolute Gasteiger partial charge is 0.475 e. The minimum absolute atomic E-state index is 0.124. The van der Waals surface area contributed by atoms with Crippen molar-refractivity contribution in [3.05, 3.63) is 52.6 Å². The van der Waals surface area contributed by atoms with Crippen molar-refractivity contribution >= 4 is 21.8 Å². The lowest BCUT2D eigenvalue weighted by atomic mass is 10.1. The van der Waals surface area contributed by atoms with Crippen molar-refractivity contribution in [3.63, 3.8) is 0 Å². The Kier molecular flexibility index (Phi) is 3.34. The summed E-state index contributed by atoms with van der Waals surface area (Å²) in [7, 11) is 0. The SMILES string of the molecule is CC1(C)COC(c2ccc(-c3ccc(Br)cn3)cc2)=N1.